The third-order valence-electron chi connectivity index (χ3n) is 7.47. The summed E-state index contributed by atoms with van der Waals surface area (Å²) in [6.45, 7) is 6.79. The first kappa shape index (κ1) is 22.4. The molecule has 0 spiro atoms. The summed E-state index contributed by atoms with van der Waals surface area (Å²) in [4.78, 5) is 18.0. The van der Waals surface area contributed by atoms with Gasteiger partial charge in [-0.15, -0.1) is 0 Å². The number of carbonyl (C=O) groups is 1. The number of para-hydroxylation sites is 2. The summed E-state index contributed by atoms with van der Waals surface area (Å²) in [5, 5.41) is 0. The number of nitrogens with two attached hydrogens (primary N) is 2. The van der Waals surface area contributed by atoms with E-state index >= 15 is 0 Å². The Labute approximate surface area is 201 Å². The third-order valence-corrected chi connectivity index (χ3v) is 7.47. The molecular weight excluding hydrogens is 420 g/mol. The van der Waals surface area contributed by atoms with E-state index in [2.05, 4.69) is 49.9 Å². The van der Waals surface area contributed by atoms with E-state index in [-0.39, 0.29) is 5.91 Å². The summed E-state index contributed by atoms with van der Waals surface area (Å²) in [5.74, 6) is -0.126. The molecule has 1 fully saturated rings. The first-order valence-corrected chi connectivity index (χ1v) is 12.0. The number of benzene rings is 3. The van der Waals surface area contributed by atoms with Gasteiger partial charge in [0.25, 0.3) is 5.91 Å². The summed E-state index contributed by atoms with van der Waals surface area (Å²) in [6.07, 6.45) is 2.71. The number of hydrogen-bond acceptors (Lipinski definition) is 4. The van der Waals surface area contributed by atoms with Crippen molar-refractivity contribution in [1.82, 2.24) is 0 Å². The molecule has 4 N–H and O–H groups in total. The fourth-order valence-corrected chi connectivity index (χ4v) is 5.51. The van der Waals surface area contributed by atoms with Crippen molar-refractivity contribution < 1.29 is 4.79 Å². The highest BCUT2D eigenvalue weighted by molar-refractivity contribution is 6.06. The van der Waals surface area contributed by atoms with Crippen molar-refractivity contribution >= 4 is 17.3 Å². The van der Waals surface area contributed by atoms with Crippen LogP contribution in [-0.4, -0.2) is 17.1 Å². The van der Waals surface area contributed by atoms with Gasteiger partial charge in [-0.2, -0.15) is 0 Å². The van der Waals surface area contributed by atoms with Crippen molar-refractivity contribution in [3.63, 3.8) is 0 Å². The van der Waals surface area contributed by atoms with Gasteiger partial charge in [0.05, 0.1) is 17.9 Å². The molecule has 0 bridgehead atoms. The molecule has 3 aromatic carbocycles. The van der Waals surface area contributed by atoms with Crippen molar-refractivity contribution in [1.29, 1.82) is 0 Å². The van der Waals surface area contributed by atoms with Crippen molar-refractivity contribution in [2.45, 2.75) is 50.4 Å². The number of rotatable bonds is 5. The van der Waals surface area contributed by atoms with Crippen LogP contribution in [0.3, 0.4) is 0 Å². The van der Waals surface area contributed by atoms with Crippen LogP contribution in [0, 0.1) is 0 Å². The molecule has 3 aromatic rings. The monoisotopic (exact) mass is 452 g/mol. The Morgan fingerprint density at radius 1 is 0.882 bits per heavy atom. The van der Waals surface area contributed by atoms with E-state index in [1.807, 2.05) is 52.3 Å². The number of anilines is 2. The number of amides is 1. The van der Waals surface area contributed by atoms with Crippen LogP contribution in [-0.2, 0) is 11.3 Å². The smallest absolute Gasteiger partial charge is 0.251 e. The van der Waals surface area contributed by atoms with E-state index < -0.39 is 11.2 Å². The molecular formula is C29H32N4O. The molecule has 34 heavy (non-hydrogen) atoms. The molecule has 1 aliphatic heterocycles. The average Bonchev–Trinajstić information content (AvgIpc) is 3.16. The lowest BCUT2D eigenvalue weighted by molar-refractivity contribution is -0.125. The van der Waals surface area contributed by atoms with Crippen LogP contribution in [0.5, 0.6) is 0 Å². The normalized spacial score (nSPS) is 23.9. The van der Waals surface area contributed by atoms with Crippen LogP contribution in [0.25, 0.3) is 11.1 Å². The highest BCUT2D eigenvalue weighted by Gasteiger charge is 2.62. The SMILES string of the molecule is C=C(CC)N1c2ccccc2N(Cc2ccc(-c3ccccc3)cc2)C(=O)[C@@]2(N)CCC[C@@]12N. The molecule has 2 aliphatic rings. The first-order chi connectivity index (χ1) is 16.4. The van der Waals surface area contributed by atoms with E-state index in [1.54, 1.807) is 0 Å². The van der Waals surface area contributed by atoms with Crippen molar-refractivity contribution in [3.05, 3.63) is 96.7 Å². The Bertz CT molecular complexity index is 1220. The Morgan fingerprint density at radius 2 is 1.50 bits per heavy atom. The molecule has 1 amide bonds. The molecule has 5 rings (SSSR count). The van der Waals surface area contributed by atoms with Gasteiger partial charge in [0.1, 0.15) is 11.2 Å². The maximum Gasteiger partial charge on any atom is 0.251 e. The summed E-state index contributed by atoms with van der Waals surface area (Å²) >= 11 is 0. The fourth-order valence-electron chi connectivity index (χ4n) is 5.51. The summed E-state index contributed by atoms with van der Waals surface area (Å²) < 4.78 is 0. The molecule has 0 radical (unpaired) electrons. The Hall–Kier alpha value is -3.41. The second-order valence-corrected chi connectivity index (χ2v) is 9.45. The van der Waals surface area contributed by atoms with Gasteiger partial charge in [-0.25, -0.2) is 0 Å². The minimum absolute atomic E-state index is 0.126. The fraction of sp³-hybridized carbons (Fsp3) is 0.276. The molecule has 0 aromatic heterocycles. The zero-order chi connectivity index (χ0) is 23.9. The number of fused-ring (bicyclic) bond motifs is 2. The average molecular weight is 453 g/mol. The number of nitrogens with zero attached hydrogens (tertiary/aromatic N) is 2. The van der Waals surface area contributed by atoms with Crippen LogP contribution in [0.15, 0.2) is 91.1 Å². The van der Waals surface area contributed by atoms with Crippen LogP contribution in [0.4, 0.5) is 11.4 Å². The van der Waals surface area contributed by atoms with Gasteiger partial charge in [0.2, 0.25) is 0 Å². The van der Waals surface area contributed by atoms with E-state index in [0.717, 1.165) is 41.0 Å². The van der Waals surface area contributed by atoms with Gasteiger partial charge in [0.15, 0.2) is 0 Å². The first-order valence-electron chi connectivity index (χ1n) is 12.0. The lowest BCUT2D eigenvalue weighted by Crippen LogP contribution is -2.75. The van der Waals surface area contributed by atoms with Crippen LogP contribution < -0.4 is 21.3 Å². The van der Waals surface area contributed by atoms with E-state index in [4.69, 9.17) is 11.5 Å². The quantitative estimate of drug-likeness (QED) is 0.560. The third kappa shape index (κ3) is 3.35. The zero-order valence-corrected chi connectivity index (χ0v) is 19.7. The van der Waals surface area contributed by atoms with Gasteiger partial charge in [-0.1, -0.05) is 80.2 Å². The zero-order valence-electron chi connectivity index (χ0n) is 19.7. The summed E-state index contributed by atoms with van der Waals surface area (Å²) in [6, 6.07) is 26.6. The van der Waals surface area contributed by atoms with Crippen LogP contribution in [0.1, 0.15) is 38.2 Å². The van der Waals surface area contributed by atoms with Gasteiger partial charge in [-0.05, 0) is 54.5 Å². The highest BCUT2D eigenvalue weighted by Crippen LogP contribution is 2.49. The standard InChI is InChI=1S/C29H32N4O/c1-3-21(2)33-26-13-8-7-12-25(26)32(27(34)28(30)18-9-19-29(28,33)31)20-22-14-16-24(17-15-22)23-10-5-4-6-11-23/h4-8,10-17H,2-3,9,18-20,30-31H2,1H3/t28-,29+/m0/s1. The van der Waals surface area contributed by atoms with E-state index in [9.17, 15) is 4.79 Å². The lowest BCUT2D eigenvalue weighted by atomic mass is 9.85. The molecule has 1 aliphatic carbocycles. The molecule has 2 atom stereocenters. The Kier molecular flexibility index (Phi) is 5.54. The maximum absolute atomic E-state index is 14.1. The minimum atomic E-state index is -1.20. The molecule has 174 valence electrons. The van der Waals surface area contributed by atoms with Gasteiger partial charge in [-0.3, -0.25) is 4.79 Å². The van der Waals surface area contributed by atoms with E-state index in [1.165, 1.54) is 5.56 Å². The Morgan fingerprint density at radius 3 is 2.18 bits per heavy atom. The largest absolute Gasteiger partial charge is 0.323 e. The predicted octanol–water partition coefficient (Wildman–Crippen LogP) is 5.17. The van der Waals surface area contributed by atoms with Crippen LogP contribution in [0.2, 0.25) is 0 Å². The second kappa shape index (κ2) is 8.42. The highest BCUT2D eigenvalue weighted by atomic mass is 16.2. The van der Waals surface area contributed by atoms with Crippen LogP contribution >= 0.6 is 0 Å². The summed E-state index contributed by atoms with van der Waals surface area (Å²) in [7, 11) is 0. The number of carbonyl (C=O) groups excluding carboxylic acids is 1. The molecule has 5 heteroatoms. The predicted molar refractivity (Wildman–Crippen MR) is 139 cm³/mol. The van der Waals surface area contributed by atoms with E-state index in [0.29, 0.717) is 19.4 Å². The molecule has 0 unspecified atom stereocenters. The molecule has 1 heterocycles. The topological polar surface area (TPSA) is 75.6 Å². The van der Waals surface area contributed by atoms with Crippen molar-refractivity contribution in [3.8, 4) is 11.1 Å². The lowest BCUT2D eigenvalue weighted by Gasteiger charge is -2.47. The second-order valence-electron chi connectivity index (χ2n) is 9.45. The van der Waals surface area contributed by atoms with Gasteiger partial charge < -0.3 is 21.3 Å². The number of allylic oxidation sites excluding steroid dienone is 1. The van der Waals surface area contributed by atoms with Gasteiger partial charge in [0, 0.05) is 5.70 Å². The Balaban J connectivity index is 1.58. The number of hydrogen-bond donors (Lipinski definition) is 2. The molecule has 0 saturated heterocycles. The van der Waals surface area contributed by atoms with Gasteiger partial charge >= 0.3 is 0 Å². The van der Waals surface area contributed by atoms with Crippen molar-refractivity contribution in [2.24, 2.45) is 11.5 Å². The summed E-state index contributed by atoms with van der Waals surface area (Å²) in [5.41, 5.74) is 17.7. The maximum atomic E-state index is 14.1. The molecule has 5 nitrogen and oxygen atoms in total. The molecule has 1 saturated carbocycles. The minimum Gasteiger partial charge on any atom is -0.323 e. The van der Waals surface area contributed by atoms with Crippen molar-refractivity contribution in [2.75, 3.05) is 9.80 Å².